The SMILES string of the molecule is CC1(C)COC(/C=C/CC=O)OC1. The molecule has 0 aromatic rings. The highest BCUT2D eigenvalue weighted by atomic mass is 16.7. The maximum Gasteiger partial charge on any atom is 0.176 e. The first-order valence-corrected chi connectivity index (χ1v) is 4.47. The molecule has 3 nitrogen and oxygen atoms in total. The molecule has 0 aromatic carbocycles. The Morgan fingerprint density at radius 2 is 2.00 bits per heavy atom. The molecule has 1 rings (SSSR count). The Morgan fingerprint density at radius 1 is 1.38 bits per heavy atom. The van der Waals surface area contributed by atoms with Gasteiger partial charge in [0.1, 0.15) is 6.29 Å². The number of allylic oxidation sites excluding steroid dienone is 1. The fourth-order valence-electron chi connectivity index (χ4n) is 1.06. The first kappa shape index (κ1) is 10.4. The molecule has 13 heavy (non-hydrogen) atoms. The lowest BCUT2D eigenvalue weighted by Crippen LogP contribution is -2.36. The van der Waals surface area contributed by atoms with E-state index in [1.54, 1.807) is 12.2 Å². The summed E-state index contributed by atoms with van der Waals surface area (Å²) in [6.07, 6.45) is 4.54. The molecule has 0 bridgehead atoms. The van der Waals surface area contributed by atoms with E-state index in [4.69, 9.17) is 9.47 Å². The molecule has 1 saturated heterocycles. The maximum absolute atomic E-state index is 10.0. The third-order valence-corrected chi connectivity index (χ3v) is 1.80. The van der Waals surface area contributed by atoms with Gasteiger partial charge in [-0.2, -0.15) is 0 Å². The molecule has 0 aliphatic carbocycles. The third kappa shape index (κ3) is 3.70. The van der Waals surface area contributed by atoms with Gasteiger partial charge in [0, 0.05) is 11.8 Å². The van der Waals surface area contributed by atoms with E-state index in [2.05, 4.69) is 13.8 Å². The maximum atomic E-state index is 10.0. The van der Waals surface area contributed by atoms with Gasteiger partial charge in [-0.3, -0.25) is 0 Å². The van der Waals surface area contributed by atoms with Crippen molar-refractivity contribution in [3.63, 3.8) is 0 Å². The van der Waals surface area contributed by atoms with E-state index >= 15 is 0 Å². The van der Waals surface area contributed by atoms with Gasteiger partial charge >= 0.3 is 0 Å². The van der Waals surface area contributed by atoms with Crippen LogP contribution < -0.4 is 0 Å². The Kier molecular flexibility index (Phi) is 3.63. The van der Waals surface area contributed by atoms with E-state index in [0.717, 1.165) is 6.29 Å². The lowest BCUT2D eigenvalue weighted by molar-refractivity contribution is -0.197. The molecule has 74 valence electrons. The van der Waals surface area contributed by atoms with Crippen LogP contribution in [0.3, 0.4) is 0 Å². The van der Waals surface area contributed by atoms with Crippen LogP contribution in [0.5, 0.6) is 0 Å². The van der Waals surface area contributed by atoms with Crippen molar-refractivity contribution in [1.82, 2.24) is 0 Å². The second-order valence-electron chi connectivity index (χ2n) is 3.99. The number of hydrogen-bond donors (Lipinski definition) is 0. The van der Waals surface area contributed by atoms with E-state index < -0.39 is 0 Å². The zero-order chi connectivity index (χ0) is 9.73. The predicted octanol–water partition coefficient (Wildman–Crippen LogP) is 1.53. The third-order valence-electron chi connectivity index (χ3n) is 1.80. The highest BCUT2D eigenvalue weighted by Crippen LogP contribution is 2.23. The van der Waals surface area contributed by atoms with Crippen LogP contribution in [0.1, 0.15) is 20.3 Å². The van der Waals surface area contributed by atoms with Crippen molar-refractivity contribution in [1.29, 1.82) is 0 Å². The smallest absolute Gasteiger partial charge is 0.176 e. The van der Waals surface area contributed by atoms with Crippen LogP contribution in [-0.2, 0) is 14.3 Å². The van der Waals surface area contributed by atoms with Gasteiger partial charge in [0.25, 0.3) is 0 Å². The number of hydrogen-bond acceptors (Lipinski definition) is 3. The molecule has 0 amide bonds. The Morgan fingerprint density at radius 3 is 2.54 bits per heavy atom. The number of carbonyl (C=O) groups excluding carboxylic acids is 1. The van der Waals surface area contributed by atoms with Crippen LogP contribution in [0.25, 0.3) is 0 Å². The molecule has 1 aliphatic heterocycles. The van der Waals surface area contributed by atoms with E-state index in [1.165, 1.54) is 0 Å². The second kappa shape index (κ2) is 4.53. The Hall–Kier alpha value is -0.670. The molecule has 1 heterocycles. The largest absolute Gasteiger partial charge is 0.348 e. The molecule has 0 saturated carbocycles. The summed E-state index contributed by atoms with van der Waals surface area (Å²) in [5.74, 6) is 0. The van der Waals surface area contributed by atoms with Gasteiger partial charge in [0.15, 0.2) is 6.29 Å². The van der Waals surface area contributed by atoms with E-state index in [0.29, 0.717) is 19.6 Å². The molecule has 0 spiro atoms. The summed E-state index contributed by atoms with van der Waals surface area (Å²) in [4.78, 5) is 10.0. The fraction of sp³-hybridized carbons (Fsp3) is 0.700. The molecule has 0 unspecified atom stereocenters. The zero-order valence-electron chi connectivity index (χ0n) is 8.16. The molecule has 0 atom stereocenters. The Labute approximate surface area is 78.7 Å². The zero-order valence-corrected chi connectivity index (χ0v) is 8.16. The van der Waals surface area contributed by atoms with Crippen LogP contribution in [0.4, 0.5) is 0 Å². The molecule has 1 fully saturated rings. The van der Waals surface area contributed by atoms with Crippen LogP contribution in [0.2, 0.25) is 0 Å². The molecular weight excluding hydrogens is 168 g/mol. The normalized spacial score (nSPS) is 23.5. The van der Waals surface area contributed by atoms with Crippen molar-refractivity contribution in [2.75, 3.05) is 13.2 Å². The number of carbonyl (C=O) groups is 1. The summed E-state index contributed by atoms with van der Waals surface area (Å²) in [5.41, 5.74) is 0.106. The van der Waals surface area contributed by atoms with Crippen molar-refractivity contribution in [3.8, 4) is 0 Å². The first-order chi connectivity index (χ1) is 6.14. The van der Waals surface area contributed by atoms with Crippen molar-refractivity contribution in [3.05, 3.63) is 12.2 Å². The number of aldehydes is 1. The highest BCUT2D eigenvalue weighted by molar-refractivity contribution is 5.51. The van der Waals surface area contributed by atoms with Gasteiger partial charge in [-0.1, -0.05) is 19.9 Å². The average molecular weight is 184 g/mol. The van der Waals surface area contributed by atoms with E-state index in [-0.39, 0.29) is 11.7 Å². The molecule has 0 N–H and O–H groups in total. The second-order valence-corrected chi connectivity index (χ2v) is 3.99. The van der Waals surface area contributed by atoms with E-state index in [9.17, 15) is 4.79 Å². The monoisotopic (exact) mass is 184 g/mol. The minimum atomic E-state index is -0.270. The van der Waals surface area contributed by atoms with Crippen LogP contribution in [-0.4, -0.2) is 25.8 Å². The van der Waals surface area contributed by atoms with Crippen molar-refractivity contribution >= 4 is 6.29 Å². The molecular formula is C10H16O3. The summed E-state index contributed by atoms with van der Waals surface area (Å²) in [6.45, 7) is 5.59. The topological polar surface area (TPSA) is 35.5 Å². The van der Waals surface area contributed by atoms with Gasteiger partial charge in [0.05, 0.1) is 13.2 Å². The van der Waals surface area contributed by atoms with Gasteiger partial charge in [-0.05, 0) is 6.08 Å². The fourth-order valence-corrected chi connectivity index (χ4v) is 1.06. The van der Waals surface area contributed by atoms with Crippen molar-refractivity contribution in [2.45, 2.75) is 26.6 Å². The summed E-state index contributed by atoms with van der Waals surface area (Å²) >= 11 is 0. The lowest BCUT2D eigenvalue weighted by atomic mass is 9.96. The highest BCUT2D eigenvalue weighted by Gasteiger charge is 2.26. The van der Waals surface area contributed by atoms with Crippen LogP contribution in [0.15, 0.2) is 12.2 Å². The van der Waals surface area contributed by atoms with Gasteiger partial charge in [0.2, 0.25) is 0 Å². The summed E-state index contributed by atoms with van der Waals surface area (Å²) < 4.78 is 10.8. The van der Waals surface area contributed by atoms with Crippen LogP contribution >= 0.6 is 0 Å². The predicted molar refractivity (Wildman–Crippen MR) is 49.3 cm³/mol. The standard InChI is InChI=1S/C10H16O3/c1-10(2)7-12-9(13-8-10)5-3-4-6-11/h3,5-6,9H,4,7-8H2,1-2H3/b5-3+. The molecule has 0 aromatic heterocycles. The average Bonchev–Trinajstić information content (AvgIpc) is 2.08. The van der Waals surface area contributed by atoms with Gasteiger partial charge in [-0.25, -0.2) is 0 Å². The quantitative estimate of drug-likeness (QED) is 0.493. The van der Waals surface area contributed by atoms with Gasteiger partial charge < -0.3 is 14.3 Å². The Bertz CT molecular complexity index is 186. The molecule has 1 aliphatic rings. The summed E-state index contributed by atoms with van der Waals surface area (Å²) in [6, 6.07) is 0. The Balaban J connectivity index is 2.29. The number of rotatable bonds is 3. The lowest BCUT2D eigenvalue weighted by Gasteiger charge is -2.33. The van der Waals surface area contributed by atoms with Gasteiger partial charge in [-0.15, -0.1) is 0 Å². The van der Waals surface area contributed by atoms with Crippen LogP contribution in [0, 0.1) is 5.41 Å². The first-order valence-electron chi connectivity index (χ1n) is 4.47. The molecule has 3 heteroatoms. The summed E-state index contributed by atoms with van der Waals surface area (Å²) in [7, 11) is 0. The number of ether oxygens (including phenoxy) is 2. The minimum Gasteiger partial charge on any atom is -0.348 e. The summed E-state index contributed by atoms with van der Waals surface area (Å²) in [5, 5.41) is 0. The minimum absolute atomic E-state index is 0.106. The molecule has 0 radical (unpaired) electrons. The van der Waals surface area contributed by atoms with Crippen molar-refractivity contribution < 1.29 is 14.3 Å². The van der Waals surface area contributed by atoms with E-state index in [1.807, 2.05) is 0 Å². The van der Waals surface area contributed by atoms with Crippen molar-refractivity contribution in [2.24, 2.45) is 5.41 Å².